The van der Waals surface area contributed by atoms with Crippen molar-refractivity contribution in [3.05, 3.63) is 51.8 Å². The molecule has 1 aromatic heterocycles. The Balaban J connectivity index is 1.72. The smallest absolute Gasteiger partial charge is 0.251 e. The van der Waals surface area contributed by atoms with E-state index in [-0.39, 0.29) is 5.91 Å². The summed E-state index contributed by atoms with van der Waals surface area (Å²) >= 11 is 0. The molecule has 1 amide bonds. The van der Waals surface area contributed by atoms with E-state index in [0.29, 0.717) is 6.54 Å². The maximum atomic E-state index is 12.3. The van der Waals surface area contributed by atoms with Gasteiger partial charge in [-0.25, -0.2) is 0 Å². The van der Waals surface area contributed by atoms with E-state index in [9.17, 15) is 4.79 Å². The molecule has 0 spiro atoms. The number of hydrogen-bond donors (Lipinski definition) is 2. The van der Waals surface area contributed by atoms with Gasteiger partial charge in [-0.2, -0.15) is 5.10 Å². The fourth-order valence-corrected chi connectivity index (χ4v) is 2.78. The number of benzene rings is 1. The van der Waals surface area contributed by atoms with E-state index in [4.69, 9.17) is 0 Å². The molecule has 110 valence electrons. The first-order chi connectivity index (χ1) is 10.1. The monoisotopic (exact) mass is 284 g/mol. The second-order valence-corrected chi connectivity index (χ2v) is 5.54. The summed E-state index contributed by atoms with van der Waals surface area (Å²) in [6.07, 6.45) is 0. The lowest BCUT2D eigenvalue weighted by Gasteiger charge is -2.07. The van der Waals surface area contributed by atoms with Gasteiger partial charge in [0.05, 0.1) is 5.69 Å². The molecular formula is C16H20N4O. The van der Waals surface area contributed by atoms with Crippen LogP contribution in [-0.2, 0) is 26.7 Å². The van der Waals surface area contributed by atoms with Crippen LogP contribution in [0, 0.1) is 13.8 Å². The first-order valence-corrected chi connectivity index (χ1v) is 7.16. The molecule has 2 aromatic rings. The lowest BCUT2D eigenvalue weighted by molar-refractivity contribution is 0.0950. The zero-order valence-electron chi connectivity index (χ0n) is 12.7. The first kappa shape index (κ1) is 13.8. The summed E-state index contributed by atoms with van der Waals surface area (Å²) in [5.41, 5.74) is 6.37. The summed E-state index contributed by atoms with van der Waals surface area (Å²) in [6, 6.07) is 5.91. The highest BCUT2D eigenvalue weighted by Crippen LogP contribution is 2.17. The van der Waals surface area contributed by atoms with Crippen LogP contribution in [0.25, 0.3) is 0 Å². The van der Waals surface area contributed by atoms with E-state index >= 15 is 0 Å². The molecule has 0 saturated heterocycles. The standard InChI is InChI=1S/C16H20N4O/c1-10-15(11(2)20(3)19-10)9-18-16(21)12-4-5-13-7-17-8-14(13)6-12/h4-6,17H,7-9H2,1-3H3,(H,18,21). The molecule has 1 aliphatic rings. The normalized spacial score (nSPS) is 13.3. The maximum absolute atomic E-state index is 12.3. The molecule has 0 unspecified atom stereocenters. The van der Waals surface area contributed by atoms with Gasteiger partial charge in [0, 0.05) is 43.5 Å². The van der Waals surface area contributed by atoms with Gasteiger partial charge in [0.25, 0.3) is 5.91 Å². The maximum Gasteiger partial charge on any atom is 0.251 e. The van der Waals surface area contributed by atoms with Gasteiger partial charge in [-0.1, -0.05) is 6.07 Å². The quantitative estimate of drug-likeness (QED) is 0.899. The highest BCUT2D eigenvalue weighted by atomic mass is 16.1. The number of rotatable bonds is 3. The third-order valence-electron chi connectivity index (χ3n) is 4.18. The van der Waals surface area contributed by atoms with Gasteiger partial charge in [0.15, 0.2) is 0 Å². The molecule has 5 nitrogen and oxygen atoms in total. The largest absolute Gasteiger partial charge is 0.348 e. The molecule has 2 heterocycles. The predicted molar refractivity (Wildman–Crippen MR) is 80.8 cm³/mol. The zero-order chi connectivity index (χ0) is 15.0. The summed E-state index contributed by atoms with van der Waals surface area (Å²) in [5, 5.41) is 10.6. The molecular weight excluding hydrogens is 264 g/mol. The second-order valence-electron chi connectivity index (χ2n) is 5.54. The predicted octanol–water partition coefficient (Wildman–Crippen LogP) is 1.57. The minimum atomic E-state index is -0.0349. The van der Waals surface area contributed by atoms with E-state index in [0.717, 1.165) is 35.6 Å². The second kappa shape index (κ2) is 5.33. The lowest BCUT2D eigenvalue weighted by Crippen LogP contribution is -2.23. The number of carbonyl (C=O) groups is 1. The van der Waals surface area contributed by atoms with Crippen molar-refractivity contribution in [1.82, 2.24) is 20.4 Å². The fourth-order valence-electron chi connectivity index (χ4n) is 2.78. The molecule has 0 aliphatic carbocycles. The van der Waals surface area contributed by atoms with Crippen molar-refractivity contribution >= 4 is 5.91 Å². The third-order valence-corrected chi connectivity index (χ3v) is 4.18. The number of aryl methyl sites for hydroxylation is 2. The van der Waals surface area contributed by atoms with Crippen LogP contribution in [0.2, 0.25) is 0 Å². The summed E-state index contributed by atoms with van der Waals surface area (Å²) in [4.78, 5) is 12.3. The van der Waals surface area contributed by atoms with Crippen LogP contribution >= 0.6 is 0 Å². The summed E-state index contributed by atoms with van der Waals surface area (Å²) in [7, 11) is 1.92. The van der Waals surface area contributed by atoms with E-state index < -0.39 is 0 Å². The molecule has 0 fully saturated rings. The van der Waals surface area contributed by atoms with Crippen LogP contribution in [0.15, 0.2) is 18.2 Å². The molecule has 0 bridgehead atoms. The minimum absolute atomic E-state index is 0.0349. The molecule has 5 heteroatoms. The molecule has 2 N–H and O–H groups in total. The van der Waals surface area contributed by atoms with Crippen LogP contribution in [0.1, 0.15) is 38.4 Å². The minimum Gasteiger partial charge on any atom is -0.348 e. The van der Waals surface area contributed by atoms with Crippen LogP contribution in [-0.4, -0.2) is 15.7 Å². The first-order valence-electron chi connectivity index (χ1n) is 7.16. The van der Waals surface area contributed by atoms with Crippen molar-refractivity contribution in [1.29, 1.82) is 0 Å². The number of nitrogens with one attached hydrogen (secondary N) is 2. The molecule has 0 saturated carbocycles. The van der Waals surface area contributed by atoms with E-state index in [1.165, 1.54) is 11.1 Å². The number of nitrogens with zero attached hydrogens (tertiary/aromatic N) is 2. The third kappa shape index (κ3) is 2.56. The van der Waals surface area contributed by atoms with E-state index in [1.54, 1.807) is 0 Å². The Bertz CT molecular complexity index is 703. The van der Waals surface area contributed by atoms with Crippen molar-refractivity contribution in [3.63, 3.8) is 0 Å². The van der Waals surface area contributed by atoms with Crippen LogP contribution < -0.4 is 10.6 Å². The molecule has 1 aliphatic heterocycles. The van der Waals surface area contributed by atoms with Crippen LogP contribution in [0.3, 0.4) is 0 Å². The SMILES string of the molecule is Cc1nn(C)c(C)c1CNC(=O)c1ccc2c(c1)CNC2. The summed E-state index contributed by atoms with van der Waals surface area (Å²) in [6.45, 7) is 6.24. The van der Waals surface area contributed by atoms with Gasteiger partial charge in [-0.3, -0.25) is 9.48 Å². The van der Waals surface area contributed by atoms with Crippen molar-refractivity contribution in [3.8, 4) is 0 Å². The molecule has 3 rings (SSSR count). The number of amides is 1. The Kier molecular flexibility index (Phi) is 3.51. The Morgan fingerprint density at radius 3 is 2.81 bits per heavy atom. The summed E-state index contributed by atoms with van der Waals surface area (Å²) in [5.74, 6) is -0.0349. The van der Waals surface area contributed by atoms with Gasteiger partial charge in [-0.05, 0) is 37.1 Å². The number of fused-ring (bicyclic) bond motifs is 1. The number of hydrogen-bond acceptors (Lipinski definition) is 3. The van der Waals surface area contributed by atoms with Crippen molar-refractivity contribution in [2.75, 3.05) is 0 Å². The van der Waals surface area contributed by atoms with Gasteiger partial charge in [-0.15, -0.1) is 0 Å². The van der Waals surface area contributed by atoms with Gasteiger partial charge < -0.3 is 10.6 Å². The highest BCUT2D eigenvalue weighted by Gasteiger charge is 2.15. The Labute approximate surface area is 124 Å². The van der Waals surface area contributed by atoms with Crippen LogP contribution in [0.4, 0.5) is 0 Å². The number of aromatic nitrogens is 2. The molecule has 0 atom stereocenters. The number of carbonyl (C=O) groups excluding carboxylic acids is 1. The van der Waals surface area contributed by atoms with Crippen LogP contribution in [0.5, 0.6) is 0 Å². The zero-order valence-corrected chi connectivity index (χ0v) is 12.7. The fraction of sp³-hybridized carbons (Fsp3) is 0.375. The Morgan fingerprint density at radius 1 is 1.33 bits per heavy atom. The Hall–Kier alpha value is -2.14. The molecule has 0 radical (unpaired) electrons. The topological polar surface area (TPSA) is 59.0 Å². The molecule has 21 heavy (non-hydrogen) atoms. The Morgan fingerprint density at radius 2 is 2.10 bits per heavy atom. The summed E-state index contributed by atoms with van der Waals surface area (Å²) < 4.78 is 1.85. The van der Waals surface area contributed by atoms with Gasteiger partial charge in [0.2, 0.25) is 0 Å². The van der Waals surface area contributed by atoms with Crippen molar-refractivity contribution in [2.45, 2.75) is 33.5 Å². The van der Waals surface area contributed by atoms with Gasteiger partial charge in [0.1, 0.15) is 0 Å². The highest BCUT2D eigenvalue weighted by molar-refractivity contribution is 5.94. The average Bonchev–Trinajstić information content (AvgIpc) is 3.02. The molecule has 1 aromatic carbocycles. The van der Waals surface area contributed by atoms with E-state index in [2.05, 4.69) is 15.7 Å². The van der Waals surface area contributed by atoms with E-state index in [1.807, 2.05) is 43.8 Å². The lowest BCUT2D eigenvalue weighted by atomic mass is 10.1. The van der Waals surface area contributed by atoms with Gasteiger partial charge >= 0.3 is 0 Å². The van der Waals surface area contributed by atoms with Crippen molar-refractivity contribution in [2.24, 2.45) is 7.05 Å². The average molecular weight is 284 g/mol. The van der Waals surface area contributed by atoms with Crippen molar-refractivity contribution < 1.29 is 4.79 Å².